The van der Waals surface area contributed by atoms with Crippen molar-refractivity contribution >= 4 is 5.97 Å². The lowest BCUT2D eigenvalue weighted by Gasteiger charge is -2.29. The number of hydrogen-bond acceptors (Lipinski definition) is 4. The molecule has 0 fully saturated rings. The fourth-order valence-corrected chi connectivity index (χ4v) is 2.02. The zero-order valence-corrected chi connectivity index (χ0v) is 12.7. The molecule has 0 aliphatic carbocycles. The number of carboxylic acid groups (broad SMARTS) is 1. The third-order valence-electron chi connectivity index (χ3n) is 3.30. The average Bonchev–Trinajstić information content (AvgIpc) is 2.42. The highest BCUT2D eigenvalue weighted by Crippen LogP contribution is 2.23. The molecule has 0 radical (unpaired) electrons. The molecule has 0 aliphatic heterocycles. The van der Waals surface area contributed by atoms with Crippen molar-refractivity contribution < 1.29 is 14.6 Å². The van der Waals surface area contributed by atoms with Crippen molar-refractivity contribution in [3.63, 3.8) is 0 Å². The standard InChI is InChI=1S/C15H24N2O3/c1-12(13-6-5-7-14(10-13)20-4)17(11-15(18)19)9-8-16(2)3/h5-7,10,12H,8-9,11H2,1-4H3,(H,18,19). The Kier molecular flexibility index (Phi) is 6.48. The van der Waals surface area contributed by atoms with Gasteiger partial charge in [0, 0.05) is 19.1 Å². The van der Waals surface area contributed by atoms with Crippen LogP contribution in [-0.4, -0.2) is 61.7 Å². The highest BCUT2D eigenvalue weighted by Gasteiger charge is 2.18. The van der Waals surface area contributed by atoms with Crippen LogP contribution in [0, 0.1) is 0 Å². The van der Waals surface area contributed by atoms with E-state index < -0.39 is 5.97 Å². The summed E-state index contributed by atoms with van der Waals surface area (Å²) in [5.74, 6) is -0.0178. The van der Waals surface area contributed by atoms with Crippen LogP contribution in [0.5, 0.6) is 5.75 Å². The molecule has 0 saturated carbocycles. The van der Waals surface area contributed by atoms with Gasteiger partial charge in [-0.1, -0.05) is 12.1 Å². The van der Waals surface area contributed by atoms with Crippen LogP contribution in [0.1, 0.15) is 18.5 Å². The minimum atomic E-state index is -0.807. The normalized spacial score (nSPS) is 12.7. The Bertz CT molecular complexity index is 435. The molecule has 5 nitrogen and oxygen atoms in total. The van der Waals surface area contributed by atoms with Gasteiger partial charge in [0.25, 0.3) is 0 Å². The Morgan fingerprint density at radius 3 is 2.60 bits per heavy atom. The van der Waals surface area contributed by atoms with E-state index in [1.165, 1.54) is 0 Å². The second kappa shape index (κ2) is 7.87. The van der Waals surface area contributed by atoms with Crippen LogP contribution in [0.3, 0.4) is 0 Å². The number of ether oxygens (including phenoxy) is 1. The molecule has 0 bridgehead atoms. The summed E-state index contributed by atoms with van der Waals surface area (Å²) in [7, 11) is 5.59. The summed E-state index contributed by atoms with van der Waals surface area (Å²) >= 11 is 0. The van der Waals surface area contributed by atoms with Crippen LogP contribution in [0.25, 0.3) is 0 Å². The van der Waals surface area contributed by atoms with Gasteiger partial charge in [0.15, 0.2) is 0 Å². The third-order valence-corrected chi connectivity index (χ3v) is 3.30. The molecule has 0 spiro atoms. The van der Waals surface area contributed by atoms with E-state index in [1.807, 2.05) is 55.1 Å². The summed E-state index contributed by atoms with van der Waals surface area (Å²) in [4.78, 5) is 15.0. The second-order valence-corrected chi connectivity index (χ2v) is 5.12. The van der Waals surface area contributed by atoms with Gasteiger partial charge in [-0.3, -0.25) is 9.69 Å². The summed E-state index contributed by atoms with van der Waals surface area (Å²) < 4.78 is 5.22. The van der Waals surface area contributed by atoms with E-state index in [4.69, 9.17) is 9.84 Å². The van der Waals surface area contributed by atoms with Gasteiger partial charge in [0.1, 0.15) is 5.75 Å². The number of rotatable bonds is 8. The Morgan fingerprint density at radius 1 is 1.35 bits per heavy atom. The van der Waals surface area contributed by atoms with Crippen molar-refractivity contribution in [1.29, 1.82) is 0 Å². The van der Waals surface area contributed by atoms with Gasteiger partial charge in [-0.2, -0.15) is 0 Å². The highest BCUT2D eigenvalue weighted by molar-refractivity contribution is 5.69. The molecule has 5 heteroatoms. The first kappa shape index (κ1) is 16.5. The fourth-order valence-electron chi connectivity index (χ4n) is 2.02. The summed E-state index contributed by atoms with van der Waals surface area (Å²) in [6, 6.07) is 7.79. The van der Waals surface area contributed by atoms with Crippen LogP contribution in [-0.2, 0) is 4.79 Å². The maximum absolute atomic E-state index is 11.0. The number of benzene rings is 1. The average molecular weight is 280 g/mol. The number of aliphatic carboxylic acids is 1. The van der Waals surface area contributed by atoms with Crippen molar-refractivity contribution in [2.45, 2.75) is 13.0 Å². The SMILES string of the molecule is COc1cccc(C(C)N(CCN(C)C)CC(=O)O)c1. The lowest BCUT2D eigenvalue weighted by Crippen LogP contribution is -2.37. The number of hydrogen-bond donors (Lipinski definition) is 1. The molecule has 1 rings (SSSR count). The number of methoxy groups -OCH3 is 1. The lowest BCUT2D eigenvalue weighted by molar-refractivity contribution is -0.138. The predicted octanol–water partition coefficient (Wildman–Crippen LogP) is 1.70. The quantitative estimate of drug-likeness (QED) is 0.785. The van der Waals surface area contributed by atoms with Gasteiger partial charge >= 0.3 is 5.97 Å². The van der Waals surface area contributed by atoms with Gasteiger partial charge in [-0.15, -0.1) is 0 Å². The van der Waals surface area contributed by atoms with Crippen molar-refractivity contribution in [3.05, 3.63) is 29.8 Å². The minimum Gasteiger partial charge on any atom is -0.497 e. The molecule has 1 N–H and O–H groups in total. The van der Waals surface area contributed by atoms with Gasteiger partial charge in [0.2, 0.25) is 0 Å². The smallest absolute Gasteiger partial charge is 0.317 e. The van der Waals surface area contributed by atoms with E-state index in [0.717, 1.165) is 17.9 Å². The number of carboxylic acids is 1. The summed E-state index contributed by atoms with van der Waals surface area (Å²) in [6.45, 7) is 3.58. The van der Waals surface area contributed by atoms with E-state index in [1.54, 1.807) is 7.11 Å². The summed E-state index contributed by atoms with van der Waals surface area (Å²) in [5.41, 5.74) is 1.06. The topological polar surface area (TPSA) is 53.0 Å². The maximum atomic E-state index is 11.0. The molecule has 1 atom stereocenters. The molecule has 20 heavy (non-hydrogen) atoms. The first-order valence-corrected chi connectivity index (χ1v) is 6.68. The first-order valence-electron chi connectivity index (χ1n) is 6.68. The Balaban J connectivity index is 2.84. The first-order chi connectivity index (χ1) is 9.43. The fraction of sp³-hybridized carbons (Fsp3) is 0.533. The number of nitrogens with zero attached hydrogens (tertiary/aromatic N) is 2. The van der Waals surface area contributed by atoms with Crippen LogP contribution in [0.15, 0.2) is 24.3 Å². The molecule has 1 aromatic carbocycles. The molecular weight excluding hydrogens is 256 g/mol. The van der Waals surface area contributed by atoms with Crippen molar-refractivity contribution in [2.24, 2.45) is 0 Å². The minimum absolute atomic E-state index is 0.0288. The molecule has 1 aromatic rings. The van der Waals surface area contributed by atoms with Gasteiger partial charge in [-0.25, -0.2) is 0 Å². The second-order valence-electron chi connectivity index (χ2n) is 5.12. The zero-order valence-electron chi connectivity index (χ0n) is 12.7. The largest absolute Gasteiger partial charge is 0.497 e. The lowest BCUT2D eigenvalue weighted by atomic mass is 10.1. The van der Waals surface area contributed by atoms with E-state index in [2.05, 4.69) is 0 Å². The Labute approximate surface area is 120 Å². The molecule has 0 saturated heterocycles. The van der Waals surface area contributed by atoms with Crippen molar-refractivity contribution in [3.8, 4) is 5.75 Å². The Morgan fingerprint density at radius 2 is 2.05 bits per heavy atom. The predicted molar refractivity (Wildman–Crippen MR) is 79.2 cm³/mol. The van der Waals surface area contributed by atoms with Crippen LogP contribution < -0.4 is 4.74 Å². The molecule has 0 amide bonds. The van der Waals surface area contributed by atoms with Crippen LogP contribution >= 0.6 is 0 Å². The van der Waals surface area contributed by atoms with Crippen molar-refractivity contribution in [2.75, 3.05) is 40.8 Å². The summed E-state index contributed by atoms with van der Waals surface area (Å²) in [6.07, 6.45) is 0. The molecule has 0 aliphatic rings. The molecule has 0 aromatic heterocycles. The van der Waals surface area contributed by atoms with E-state index in [9.17, 15) is 4.79 Å². The van der Waals surface area contributed by atoms with E-state index >= 15 is 0 Å². The molecule has 112 valence electrons. The molecule has 0 heterocycles. The maximum Gasteiger partial charge on any atom is 0.317 e. The molecule has 1 unspecified atom stereocenters. The van der Waals surface area contributed by atoms with Crippen molar-refractivity contribution in [1.82, 2.24) is 9.80 Å². The van der Waals surface area contributed by atoms with Crippen LogP contribution in [0.4, 0.5) is 0 Å². The Hall–Kier alpha value is -1.59. The monoisotopic (exact) mass is 280 g/mol. The van der Waals surface area contributed by atoms with E-state index in [0.29, 0.717) is 6.54 Å². The van der Waals surface area contributed by atoms with Crippen LogP contribution in [0.2, 0.25) is 0 Å². The summed E-state index contributed by atoms with van der Waals surface area (Å²) in [5, 5.41) is 9.07. The third kappa shape index (κ3) is 5.19. The van der Waals surface area contributed by atoms with Gasteiger partial charge < -0.3 is 14.7 Å². The number of likely N-dealkylation sites (N-methyl/N-ethyl adjacent to an activating group) is 1. The zero-order chi connectivity index (χ0) is 15.1. The van der Waals surface area contributed by atoms with Gasteiger partial charge in [0.05, 0.1) is 13.7 Å². The van der Waals surface area contributed by atoms with Gasteiger partial charge in [-0.05, 0) is 38.7 Å². The van der Waals surface area contributed by atoms with E-state index in [-0.39, 0.29) is 12.6 Å². The number of carbonyl (C=O) groups is 1. The highest BCUT2D eigenvalue weighted by atomic mass is 16.5. The molecular formula is C15H24N2O3.